The van der Waals surface area contributed by atoms with Gasteiger partial charge >= 0.3 is 0 Å². The molecular weight excluding hydrogens is 284 g/mol. The molecule has 5 unspecified atom stereocenters. The smallest absolute Gasteiger partial charge is 0.102 e. The number of hydrogen-bond donors (Lipinski definition) is 0. The molecule has 1 fully saturated rings. The lowest BCUT2D eigenvalue weighted by Crippen LogP contribution is -2.67. The Morgan fingerprint density at radius 3 is 2.35 bits per heavy atom. The summed E-state index contributed by atoms with van der Waals surface area (Å²) in [6, 6.07) is 10.4. The van der Waals surface area contributed by atoms with Crippen molar-refractivity contribution in [1.29, 1.82) is 0 Å². The maximum absolute atomic E-state index is 8.55. The highest BCUT2D eigenvalue weighted by atomic mass is 16.7. The van der Waals surface area contributed by atoms with E-state index in [-0.39, 0.29) is 29.1 Å². The first-order valence-corrected chi connectivity index (χ1v) is 9.01. The third-order valence-corrected chi connectivity index (χ3v) is 6.21. The van der Waals surface area contributed by atoms with Crippen molar-refractivity contribution in [3.63, 3.8) is 0 Å². The molecule has 3 nitrogen and oxygen atoms in total. The molecule has 0 bridgehead atoms. The lowest BCUT2D eigenvalue weighted by molar-refractivity contribution is -0.324. The van der Waals surface area contributed by atoms with E-state index in [2.05, 4.69) is 70.9 Å². The van der Waals surface area contributed by atoms with Gasteiger partial charge in [0.05, 0.1) is 0 Å². The van der Waals surface area contributed by atoms with Gasteiger partial charge in [-0.05, 0) is 51.5 Å². The van der Waals surface area contributed by atoms with Crippen molar-refractivity contribution < 1.29 is 4.84 Å². The van der Waals surface area contributed by atoms with E-state index < -0.39 is 0 Å². The highest BCUT2D eigenvalue weighted by molar-refractivity contribution is 5.17. The fourth-order valence-corrected chi connectivity index (χ4v) is 3.91. The van der Waals surface area contributed by atoms with Gasteiger partial charge in [-0.2, -0.15) is 5.06 Å². The second kappa shape index (κ2) is 6.92. The van der Waals surface area contributed by atoms with Crippen molar-refractivity contribution in [2.45, 2.75) is 84.0 Å². The van der Waals surface area contributed by atoms with E-state index in [0.29, 0.717) is 0 Å². The fourth-order valence-electron chi connectivity index (χ4n) is 3.91. The molecule has 1 aliphatic heterocycles. The van der Waals surface area contributed by atoms with E-state index in [1.807, 2.05) is 6.07 Å². The van der Waals surface area contributed by atoms with Crippen molar-refractivity contribution >= 4 is 0 Å². The first-order valence-electron chi connectivity index (χ1n) is 9.01. The van der Waals surface area contributed by atoms with E-state index in [0.717, 1.165) is 19.3 Å². The number of hydrogen-bond acceptors (Lipinski definition) is 2. The maximum Gasteiger partial charge on any atom is 0.102 e. The summed E-state index contributed by atoms with van der Waals surface area (Å²) in [6.45, 7) is 13.3. The molecule has 2 rings (SSSR count). The molecule has 1 heterocycles. The Labute approximate surface area is 142 Å². The molecule has 0 spiro atoms. The molecule has 0 saturated carbocycles. The van der Waals surface area contributed by atoms with E-state index in [9.17, 15) is 0 Å². The van der Waals surface area contributed by atoms with Gasteiger partial charge in [-0.25, -0.2) is 0 Å². The highest BCUT2D eigenvalue weighted by Gasteiger charge is 2.51. The van der Waals surface area contributed by atoms with Crippen LogP contribution in [0.4, 0.5) is 0 Å². The number of piperidine rings is 1. The molecule has 23 heavy (non-hydrogen) atoms. The molecule has 1 aromatic rings. The number of benzene rings is 1. The van der Waals surface area contributed by atoms with Crippen LogP contribution in [-0.4, -0.2) is 22.2 Å². The Hall–Kier alpha value is -0.900. The Morgan fingerprint density at radius 1 is 1.22 bits per heavy atom. The molecule has 0 aliphatic carbocycles. The molecule has 1 aliphatic rings. The normalized spacial score (nSPS) is 36.8. The SMILES string of the molecule is CCC1(C)CC([NH-])C(C)C(C)(CC)N1OC(C)c1ccccc1. The van der Waals surface area contributed by atoms with Crippen LogP contribution in [0.5, 0.6) is 0 Å². The summed E-state index contributed by atoms with van der Waals surface area (Å²) in [7, 11) is 0. The minimum atomic E-state index is -0.113. The molecule has 130 valence electrons. The number of nitrogens with zero attached hydrogens (tertiary/aromatic N) is 1. The van der Waals surface area contributed by atoms with E-state index in [1.54, 1.807) is 0 Å². The summed E-state index contributed by atoms with van der Waals surface area (Å²) in [5, 5.41) is 2.26. The van der Waals surface area contributed by atoms with Crippen molar-refractivity contribution in [1.82, 2.24) is 5.06 Å². The lowest BCUT2D eigenvalue weighted by Gasteiger charge is -2.61. The second-order valence-electron chi connectivity index (χ2n) is 7.61. The van der Waals surface area contributed by atoms with Gasteiger partial charge in [0.1, 0.15) is 6.10 Å². The average molecular weight is 317 g/mol. The van der Waals surface area contributed by atoms with Gasteiger partial charge in [-0.15, -0.1) is 6.04 Å². The maximum atomic E-state index is 8.55. The Morgan fingerprint density at radius 2 is 1.83 bits per heavy atom. The van der Waals surface area contributed by atoms with Gasteiger partial charge in [-0.1, -0.05) is 51.1 Å². The predicted molar refractivity (Wildman–Crippen MR) is 97.1 cm³/mol. The summed E-state index contributed by atoms with van der Waals surface area (Å²) < 4.78 is 0. The average Bonchev–Trinajstić information content (AvgIpc) is 2.57. The molecule has 5 atom stereocenters. The van der Waals surface area contributed by atoms with Crippen LogP contribution in [-0.2, 0) is 4.84 Å². The van der Waals surface area contributed by atoms with Crippen molar-refractivity contribution in [2.24, 2.45) is 5.92 Å². The first-order chi connectivity index (χ1) is 10.8. The zero-order valence-corrected chi connectivity index (χ0v) is 15.6. The van der Waals surface area contributed by atoms with Crippen LogP contribution >= 0.6 is 0 Å². The predicted octanol–water partition coefficient (Wildman–Crippen LogP) is 5.78. The molecule has 3 heteroatoms. The van der Waals surface area contributed by atoms with Crippen LogP contribution in [0.3, 0.4) is 0 Å². The second-order valence-corrected chi connectivity index (χ2v) is 7.61. The van der Waals surface area contributed by atoms with E-state index >= 15 is 0 Å². The number of rotatable bonds is 5. The van der Waals surface area contributed by atoms with Gasteiger partial charge in [0, 0.05) is 11.1 Å². The van der Waals surface area contributed by atoms with E-state index in [4.69, 9.17) is 10.6 Å². The van der Waals surface area contributed by atoms with Crippen molar-refractivity contribution in [3.05, 3.63) is 41.6 Å². The van der Waals surface area contributed by atoms with Crippen molar-refractivity contribution in [2.75, 3.05) is 0 Å². The lowest BCUT2D eigenvalue weighted by atomic mass is 9.68. The quantitative estimate of drug-likeness (QED) is 0.690. The number of hydroxylamine groups is 2. The Bertz CT molecular complexity index is 506. The summed E-state index contributed by atoms with van der Waals surface area (Å²) in [5.74, 6) is 0.287. The summed E-state index contributed by atoms with van der Waals surface area (Å²) in [4.78, 5) is 6.56. The van der Waals surface area contributed by atoms with Gasteiger partial charge in [0.25, 0.3) is 0 Å². The van der Waals surface area contributed by atoms with Crippen molar-refractivity contribution in [3.8, 4) is 0 Å². The minimum Gasteiger partial charge on any atom is -0.674 e. The Balaban J connectivity index is 2.33. The topological polar surface area (TPSA) is 36.3 Å². The minimum absolute atomic E-state index is 0.0161. The van der Waals surface area contributed by atoms with Gasteiger partial charge in [-0.3, -0.25) is 4.84 Å². The molecular formula is C20H33N2O-. The summed E-state index contributed by atoms with van der Waals surface area (Å²) in [6.07, 6.45) is 2.86. The van der Waals surface area contributed by atoms with Crippen LogP contribution in [0.2, 0.25) is 0 Å². The van der Waals surface area contributed by atoms with Crippen LogP contribution < -0.4 is 0 Å². The molecule has 1 saturated heterocycles. The molecule has 1 aromatic carbocycles. The van der Waals surface area contributed by atoms with E-state index in [1.165, 1.54) is 5.56 Å². The number of nitrogens with one attached hydrogen (secondary N) is 1. The fraction of sp³-hybridized carbons (Fsp3) is 0.700. The molecule has 0 amide bonds. The largest absolute Gasteiger partial charge is 0.674 e. The zero-order valence-electron chi connectivity index (χ0n) is 15.6. The monoisotopic (exact) mass is 317 g/mol. The van der Waals surface area contributed by atoms with Crippen LogP contribution in [0, 0.1) is 5.92 Å². The Kier molecular flexibility index (Phi) is 5.55. The summed E-state index contributed by atoms with van der Waals surface area (Å²) in [5.41, 5.74) is 9.55. The zero-order chi connectivity index (χ0) is 17.3. The van der Waals surface area contributed by atoms with Gasteiger partial charge in [0.2, 0.25) is 0 Å². The first kappa shape index (κ1) is 18.4. The summed E-state index contributed by atoms with van der Waals surface area (Å²) >= 11 is 0. The van der Waals surface area contributed by atoms with Gasteiger partial charge in [0.15, 0.2) is 0 Å². The molecule has 0 radical (unpaired) electrons. The van der Waals surface area contributed by atoms with Crippen LogP contribution in [0.1, 0.15) is 72.5 Å². The molecule has 0 aromatic heterocycles. The third-order valence-electron chi connectivity index (χ3n) is 6.21. The van der Waals surface area contributed by atoms with Crippen LogP contribution in [0.25, 0.3) is 5.73 Å². The third kappa shape index (κ3) is 3.33. The van der Waals surface area contributed by atoms with Crippen LogP contribution in [0.15, 0.2) is 30.3 Å². The molecule has 1 N–H and O–H groups in total. The standard InChI is InChI=1S/C20H33N2O/c1-7-19(5)14-18(21)15(3)20(6,8-2)22(19)23-16(4)17-12-10-9-11-13-17/h9-13,15-16,18,21H,7-8,14H2,1-6H3/q-1. The van der Waals surface area contributed by atoms with Gasteiger partial charge < -0.3 is 5.73 Å². The highest BCUT2D eigenvalue weighted by Crippen LogP contribution is 2.47.